The summed E-state index contributed by atoms with van der Waals surface area (Å²) in [5.74, 6) is -0.520. The summed E-state index contributed by atoms with van der Waals surface area (Å²) in [6, 6.07) is 57.9. The monoisotopic (exact) mass is 754 g/mol. The summed E-state index contributed by atoms with van der Waals surface area (Å²) in [5, 5.41) is 26.7. The molecule has 2 heterocycles. The molecule has 0 amide bonds. The molecule has 0 radical (unpaired) electrons. The normalized spacial score (nSPS) is 24.3. The minimum atomic E-state index is -1.23. The molecule has 0 bridgehead atoms. The van der Waals surface area contributed by atoms with E-state index in [9.17, 15) is 5.11 Å². The second-order valence-corrected chi connectivity index (χ2v) is 16.5. The molecular formula is C52H42N4O2. The Bertz CT molecular complexity index is 2760. The zero-order valence-corrected chi connectivity index (χ0v) is 32.3. The Morgan fingerprint density at radius 1 is 0.586 bits per heavy atom. The average Bonchev–Trinajstić information content (AvgIpc) is 3.29. The van der Waals surface area contributed by atoms with Gasteiger partial charge >= 0.3 is 0 Å². The molecule has 1 fully saturated rings. The van der Waals surface area contributed by atoms with Gasteiger partial charge in [-0.2, -0.15) is 0 Å². The van der Waals surface area contributed by atoms with E-state index in [0.29, 0.717) is 0 Å². The molecule has 4 atom stereocenters. The molecule has 0 saturated heterocycles. The number of benzene rings is 7. The lowest BCUT2D eigenvalue weighted by Gasteiger charge is -2.60. The molecule has 6 heteroatoms. The van der Waals surface area contributed by atoms with Gasteiger partial charge in [-0.1, -0.05) is 170 Å². The topological polar surface area (TPSA) is 85.8 Å². The van der Waals surface area contributed by atoms with Crippen LogP contribution in [0.25, 0.3) is 16.8 Å². The minimum Gasteiger partial charge on any atom is -0.391 e. The van der Waals surface area contributed by atoms with Crippen LogP contribution in [0.15, 0.2) is 181 Å². The van der Waals surface area contributed by atoms with Gasteiger partial charge < -0.3 is 21.1 Å². The summed E-state index contributed by atoms with van der Waals surface area (Å²) in [7, 11) is 0. The first-order chi connectivity index (χ1) is 28.3. The lowest BCUT2D eigenvalue weighted by Crippen LogP contribution is -2.73. The number of carbonyl (C=O) groups is 1. The smallest absolute Gasteiger partial charge is 0.182 e. The second-order valence-electron chi connectivity index (χ2n) is 16.5. The number of carbonyl (C=O) groups excluding carboxylic acids is 1. The highest BCUT2D eigenvalue weighted by atomic mass is 16.3. The molecule has 0 spiro atoms. The predicted octanol–water partition coefficient (Wildman–Crippen LogP) is 10.2. The highest BCUT2D eigenvalue weighted by Gasteiger charge is 2.71. The summed E-state index contributed by atoms with van der Waals surface area (Å²) < 4.78 is 0. The van der Waals surface area contributed by atoms with Crippen molar-refractivity contribution in [1.82, 2.24) is 0 Å². The summed E-state index contributed by atoms with van der Waals surface area (Å²) in [4.78, 5) is 21.3. The first-order valence-corrected chi connectivity index (χ1v) is 20.1. The molecular weight excluding hydrogens is 713 g/mol. The van der Waals surface area contributed by atoms with Crippen LogP contribution in [0.2, 0.25) is 0 Å². The minimum absolute atomic E-state index is 0.0206. The predicted molar refractivity (Wildman–Crippen MR) is 234 cm³/mol. The zero-order chi connectivity index (χ0) is 39.3. The molecule has 4 N–H and O–H groups in total. The molecule has 7 aromatic carbocycles. The van der Waals surface area contributed by atoms with Crippen molar-refractivity contribution in [2.45, 2.75) is 36.7 Å². The van der Waals surface area contributed by atoms with Crippen LogP contribution in [-0.4, -0.2) is 22.7 Å². The van der Waals surface area contributed by atoms with Crippen LogP contribution in [0.4, 0.5) is 17.1 Å². The van der Waals surface area contributed by atoms with Gasteiger partial charge in [-0.25, -0.2) is 0 Å². The maximum atomic E-state index is 15.6. The highest BCUT2D eigenvalue weighted by Crippen LogP contribution is 2.61. The fraction of sp³-hybridized carbons (Fsp3) is 0.154. The van der Waals surface area contributed by atoms with Crippen molar-refractivity contribution in [2.24, 2.45) is 16.3 Å². The van der Waals surface area contributed by atoms with Gasteiger partial charge in [0.2, 0.25) is 0 Å². The maximum Gasteiger partial charge on any atom is 0.182 e. The summed E-state index contributed by atoms with van der Waals surface area (Å²) in [6.45, 7) is 3.86. The lowest BCUT2D eigenvalue weighted by atomic mass is 9.43. The van der Waals surface area contributed by atoms with Gasteiger partial charge in [0.15, 0.2) is 17.1 Å². The Morgan fingerprint density at radius 2 is 1.16 bits per heavy atom. The van der Waals surface area contributed by atoms with Crippen molar-refractivity contribution in [3.63, 3.8) is 0 Å². The van der Waals surface area contributed by atoms with Crippen LogP contribution < -0.4 is 16.0 Å². The fourth-order valence-corrected chi connectivity index (χ4v) is 10.6. The van der Waals surface area contributed by atoms with E-state index in [1.165, 1.54) is 0 Å². The summed E-state index contributed by atoms with van der Waals surface area (Å²) in [6.07, 6.45) is 3.14. The molecule has 2 aliphatic heterocycles. The van der Waals surface area contributed by atoms with Gasteiger partial charge in [-0.15, -0.1) is 0 Å². The fourth-order valence-electron chi connectivity index (χ4n) is 10.6. The van der Waals surface area contributed by atoms with Gasteiger partial charge in [0.05, 0.1) is 28.3 Å². The van der Waals surface area contributed by atoms with Gasteiger partial charge in [-0.05, 0) is 42.5 Å². The Balaban J connectivity index is 1.07. The molecule has 58 heavy (non-hydrogen) atoms. The van der Waals surface area contributed by atoms with Crippen molar-refractivity contribution in [3.05, 3.63) is 215 Å². The number of nitrogens with one attached hydrogen (secondary N) is 3. The number of nitrogens with zero attached hydrogens (tertiary/aromatic N) is 1. The Morgan fingerprint density at radius 3 is 1.76 bits per heavy atom. The van der Waals surface area contributed by atoms with Crippen LogP contribution in [0.1, 0.15) is 52.8 Å². The van der Waals surface area contributed by atoms with Crippen LogP contribution in [-0.2, 0) is 21.5 Å². The molecule has 4 aliphatic rings. The van der Waals surface area contributed by atoms with Gasteiger partial charge in [0, 0.05) is 50.5 Å². The van der Waals surface area contributed by atoms with Crippen molar-refractivity contribution < 1.29 is 9.90 Å². The van der Waals surface area contributed by atoms with Crippen molar-refractivity contribution in [1.29, 1.82) is 0 Å². The lowest BCUT2D eigenvalue weighted by molar-refractivity contribution is -0.175. The van der Waals surface area contributed by atoms with Gasteiger partial charge in [0.25, 0.3) is 0 Å². The van der Waals surface area contributed by atoms with Crippen LogP contribution >= 0.6 is 0 Å². The third-order valence-corrected chi connectivity index (χ3v) is 13.5. The molecule has 11 rings (SSSR count). The van der Waals surface area contributed by atoms with E-state index >= 15 is 4.79 Å². The number of rotatable bonds is 6. The largest absolute Gasteiger partial charge is 0.391 e. The standard InChI is InChI=1S/C52H42N4O2/c1-49(39-31-29-33-17-15-27-41-43(33)45(39)55-51(53-41,35-19-7-3-8-20-35)36-21-9-4-10-22-36)47(57)50(2,48(49)58)40-32-30-34-18-16-28-42-44(34)46(40)56-52(54-42,37-23-11-5-12-24-37)38-25-13-6-14-26-38/h3-32,39,47,53-54,56-57H,1-2H3. The number of allylic oxidation sites excluding steroid dienone is 1. The number of ketones is 1. The molecule has 7 aromatic rings. The van der Waals surface area contributed by atoms with E-state index in [-0.39, 0.29) is 5.78 Å². The molecule has 282 valence electrons. The molecule has 2 aliphatic carbocycles. The van der Waals surface area contributed by atoms with Crippen LogP contribution in [0.5, 0.6) is 0 Å². The van der Waals surface area contributed by atoms with E-state index in [4.69, 9.17) is 4.99 Å². The zero-order valence-electron chi connectivity index (χ0n) is 32.3. The number of aliphatic imine (C=N–C) groups is 1. The van der Waals surface area contributed by atoms with E-state index in [1.54, 1.807) is 0 Å². The molecule has 4 unspecified atom stereocenters. The number of aliphatic hydroxyl groups is 1. The average molecular weight is 755 g/mol. The Kier molecular flexibility index (Phi) is 7.35. The maximum absolute atomic E-state index is 15.6. The molecule has 6 nitrogen and oxygen atoms in total. The Labute approximate surface area is 338 Å². The van der Waals surface area contributed by atoms with Crippen LogP contribution in [0, 0.1) is 11.3 Å². The van der Waals surface area contributed by atoms with Crippen LogP contribution in [0.3, 0.4) is 0 Å². The third kappa shape index (κ3) is 4.52. The van der Waals surface area contributed by atoms with Gasteiger partial charge in [-0.3, -0.25) is 9.79 Å². The summed E-state index contributed by atoms with van der Waals surface area (Å²) in [5.41, 5.74) is 6.11. The Hall–Kier alpha value is -6.76. The SMILES string of the molecule is CC1(c2ccc3cccc4c3c2NC(c2ccccc2)(c2ccccc2)N4)C(=O)C(C)(C2C=Cc3cccc4c3C2=NC(c2ccccc2)(c2ccccc2)N4)C1O. The number of hydrogen-bond acceptors (Lipinski definition) is 6. The van der Waals surface area contributed by atoms with E-state index in [0.717, 1.165) is 72.5 Å². The van der Waals surface area contributed by atoms with Crippen molar-refractivity contribution in [2.75, 3.05) is 16.0 Å². The second kappa shape index (κ2) is 12.4. The van der Waals surface area contributed by atoms with Crippen molar-refractivity contribution in [3.8, 4) is 0 Å². The first-order valence-electron chi connectivity index (χ1n) is 20.1. The number of Topliss-reactive ketones (excluding diaryl/α,β-unsaturated/α-hetero) is 1. The van der Waals surface area contributed by atoms with Gasteiger partial charge in [0.1, 0.15) is 0 Å². The highest BCUT2D eigenvalue weighted by molar-refractivity contribution is 6.19. The molecule has 0 aromatic heterocycles. The van der Waals surface area contributed by atoms with Crippen molar-refractivity contribution >= 4 is 45.4 Å². The van der Waals surface area contributed by atoms with E-state index < -0.39 is 34.2 Å². The number of hydrogen-bond donors (Lipinski definition) is 4. The molecule has 1 saturated carbocycles. The van der Waals surface area contributed by atoms with E-state index in [1.807, 2.05) is 92.7 Å². The number of anilines is 3. The van der Waals surface area contributed by atoms with E-state index in [2.05, 4.69) is 119 Å². The summed E-state index contributed by atoms with van der Waals surface area (Å²) >= 11 is 0. The number of aliphatic hydroxyl groups excluding tert-OH is 1. The first kappa shape index (κ1) is 34.5. The quantitative estimate of drug-likeness (QED) is 0.136. The third-order valence-electron chi connectivity index (χ3n) is 13.5.